The van der Waals surface area contributed by atoms with E-state index in [2.05, 4.69) is 0 Å². The molecule has 4 heteroatoms. The predicted octanol–water partition coefficient (Wildman–Crippen LogP) is 3.23. The third-order valence-corrected chi connectivity index (χ3v) is 4.04. The van der Waals surface area contributed by atoms with Crippen molar-refractivity contribution in [1.29, 1.82) is 0 Å². The van der Waals surface area contributed by atoms with E-state index >= 15 is 0 Å². The van der Waals surface area contributed by atoms with Crippen LogP contribution in [0.4, 0.5) is 15.8 Å². The lowest BCUT2D eigenvalue weighted by Crippen LogP contribution is -2.29. The van der Waals surface area contributed by atoms with Gasteiger partial charge in [-0.1, -0.05) is 12.1 Å². The highest BCUT2D eigenvalue weighted by Crippen LogP contribution is 2.33. The normalized spacial score (nSPS) is 13.4. The number of rotatable bonds is 1. The number of carbonyl (C=O) groups is 1. The van der Waals surface area contributed by atoms with E-state index in [-0.39, 0.29) is 5.91 Å². The van der Waals surface area contributed by atoms with Gasteiger partial charge in [0.05, 0.1) is 0 Å². The van der Waals surface area contributed by atoms with Gasteiger partial charge < -0.3 is 10.6 Å². The predicted molar refractivity (Wildman–Crippen MR) is 82.1 cm³/mol. The Morgan fingerprint density at radius 1 is 1.19 bits per heavy atom. The summed E-state index contributed by atoms with van der Waals surface area (Å²) in [7, 11) is 0. The van der Waals surface area contributed by atoms with Gasteiger partial charge in [-0.15, -0.1) is 0 Å². The van der Waals surface area contributed by atoms with Crippen molar-refractivity contribution in [2.24, 2.45) is 0 Å². The first kappa shape index (κ1) is 13.6. The maximum Gasteiger partial charge on any atom is 0.258 e. The summed E-state index contributed by atoms with van der Waals surface area (Å²) in [4.78, 5) is 14.4. The molecule has 1 aliphatic heterocycles. The fourth-order valence-corrected chi connectivity index (χ4v) is 2.76. The molecule has 1 amide bonds. The van der Waals surface area contributed by atoms with E-state index in [9.17, 15) is 9.18 Å². The average molecular weight is 284 g/mol. The third-order valence-electron chi connectivity index (χ3n) is 4.04. The van der Waals surface area contributed by atoms with Crippen LogP contribution in [-0.2, 0) is 6.42 Å². The molecule has 3 rings (SSSR count). The summed E-state index contributed by atoms with van der Waals surface area (Å²) in [5, 5.41) is 0. The summed E-state index contributed by atoms with van der Waals surface area (Å²) < 4.78 is 13.4. The molecule has 0 aromatic heterocycles. The average Bonchev–Trinajstić information content (AvgIpc) is 2.84. The number of halogens is 1. The zero-order chi connectivity index (χ0) is 15.1. The van der Waals surface area contributed by atoms with Crippen LogP contribution >= 0.6 is 0 Å². The second-order valence-electron chi connectivity index (χ2n) is 5.50. The number of hydrogen-bond donors (Lipinski definition) is 1. The minimum absolute atomic E-state index is 0.172. The molecule has 0 saturated heterocycles. The minimum Gasteiger partial charge on any atom is -0.398 e. The molecule has 2 N–H and O–H groups in total. The van der Waals surface area contributed by atoms with Crippen molar-refractivity contribution in [2.75, 3.05) is 17.2 Å². The maximum atomic E-state index is 13.4. The fourth-order valence-electron chi connectivity index (χ4n) is 2.76. The van der Waals surface area contributed by atoms with Crippen LogP contribution in [0.3, 0.4) is 0 Å². The highest BCUT2D eigenvalue weighted by atomic mass is 19.1. The number of amides is 1. The first-order chi connectivity index (χ1) is 9.97. The van der Waals surface area contributed by atoms with Crippen LogP contribution in [0.5, 0.6) is 0 Å². The third kappa shape index (κ3) is 2.27. The van der Waals surface area contributed by atoms with Crippen LogP contribution in [0.2, 0.25) is 0 Å². The van der Waals surface area contributed by atoms with Crippen LogP contribution in [-0.4, -0.2) is 12.5 Å². The van der Waals surface area contributed by atoms with Gasteiger partial charge >= 0.3 is 0 Å². The molecule has 0 atom stereocenters. The Morgan fingerprint density at radius 3 is 2.71 bits per heavy atom. The molecule has 0 saturated carbocycles. The van der Waals surface area contributed by atoms with E-state index < -0.39 is 5.82 Å². The summed E-state index contributed by atoms with van der Waals surface area (Å²) in [5.41, 5.74) is 10.8. The van der Waals surface area contributed by atoms with Crippen LogP contribution in [0.1, 0.15) is 27.0 Å². The molecular weight excluding hydrogens is 267 g/mol. The van der Waals surface area contributed by atoms with E-state index in [0.29, 0.717) is 17.8 Å². The summed E-state index contributed by atoms with van der Waals surface area (Å²) in [6.07, 6.45) is 0.802. The van der Waals surface area contributed by atoms with E-state index in [4.69, 9.17) is 5.73 Å². The lowest BCUT2D eigenvalue weighted by molar-refractivity contribution is 0.0988. The second kappa shape index (κ2) is 4.88. The van der Waals surface area contributed by atoms with Gasteiger partial charge in [0.1, 0.15) is 5.82 Å². The zero-order valence-corrected chi connectivity index (χ0v) is 12.1. The number of anilines is 2. The van der Waals surface area contributed by atoms with E-state index in [1.807, 2.05) is 26.0 Å². The molecule has 0 radical (unpaired) electrons. The highest BCUT2D eigenvalue weighted by molar-refractivity contribution is 6.08. The Kier molecular flexibility index (Phi) is 3.16. The molecule has 3 nitrogen and oxygen atoms in total. The van der Waals surface area contributed by atoms with Crippen molar-refractivity contribution in [3.8, 4) is 0 Å². The van der Waals surface area contributed by atoms with Crippen LogP contribution in [0.25, 0.3) is 0 Å². The standard InChI is InChI=1S/C17H17FN2O/c1-10-3-4-13(18)8-14(10)17(21)20-6-5-12-7-11(2)15(19)9-16(12)20/h3-4,7-9H,5-6,19H2,1-2H3. The number of fused-ring (bicyclic) bond motifs is 1. The van der Waals surface area contributed by atoms with E-state index in [1.165, 1.54) is 12.1 Å². The number of aryl methyl sites for hydroxylation is 2. The molecule has 108 valence electrons. The summed E-state index contributed by atoms with van der Waals surface area (Å²) in [6.45, 7) is 4.37. The monoisotopic (exact) mass is 284 g/mol. The van der Waals surface area contributed by atoms with Gasteiger partial charge in [-0.3, -0.25) is 4.79 Å². The molecule has 1 aliphatic rings. The molecule has 0 unspecified atom stereocenters. The first-order valence-electron chi connectivity index (χ1n) is 6.94. The Hall–Kier alpha value is -2.36. The Balaban J connectivity index is 2.02. The van der Waals surface area contributed by atoms with Crippen molar-refractivity contribution >= 4 is 17.3 Å². The zero-order valence-electron chi connectivity index (χ0n) is 12.1. The highest BCUT2D eigenvalue weighted by Gasteiger charge is 2.27. The van der Waals surface area contributed by atoms with Crippen LogP contribution < -0.4 is 10.6 Å². The fraction of sp³-hybridized carbons (Fsp3) is 0.235. The van der Waals surface area contributed by atoms with Crippen molar-refractivity contribution in [3.05, 3.63) is 58.4 Å². The van der Waals surface area contributed by atoms with Crippen molar-refractivity contribution in [1.82, 2.24) is 0 Å². The number of carbonyl (C=O) groups excluding carboxylic acids is 1. The Morgan fingerprint density at radius 2 is 1.95 bits per heavy atom. The van der Waals surface area contributed by atoms with Gasteiger partial charge in [0.15, 0.2) is 0 Å². The summed E-state index contributed by atoms with van der Waals surface area (Å²) in [5.74, 6) is -0.569. The number of nitrogens with two attached hydrogens (primary N) is 1. The number of nitrogens with zero attached hydrogens (tertiary/aromatic N) is 1. The van der Waals surface area contributed by atoms with Crippen molar-refractivity contribution < 1.29 is 9.18 Å². The Labute approximate surface area is 123 Å². The quantitative estimate of drug-likeness (QED) is 0.817. The SMILES string of the molecule is Cc1cc2c(cc1N)N(C(=O)c1cc(F)ccc1C)CC2. The van der Waals surface area contributed by atoms with Crippen molar-refractivity contribution in [3.63, 3.8) is 0 Å². The topological polar surface area (TPSA) is 46.3 Å². The van der Waals surface area contributed by atoms with Gasteiger partial charge in [-0.05, 0) is 55.2 Å². The molecule has 2 aromatic rings. The molecule has 0 spiro atoms. The van der Waals surface area contributed by atoms with Gasteiger partial charge in [-0.25, -0.2) is 4.39 Å². The lowest BCUT2D eigenvalue weighted by atomic mass is 10.1. The van der Waals surface area contributed by atoms with Crippen LogP contribution in [0, 0.1) is 19.7 Å². The van der Waals surface area contributed by atoms with Gasteiger partial charge in [0.2, 0.25) is 0 Å². The maximum absolute atomic E-state index is 13.4. The second-order valence-corrected chi connectivity index (χ2v) is 5.50. The molecule has 21 heavy (non-hydrogen) atoms. The molecular formula is C17H17FN2O. The summed E-state index contributed by atoms with van der Waals surface area (Å²) >= 11 is 0. The smallest absolute Gasteiger partial charge is 0.258 e. The number of nitrogen functional groups attached to an aromatic ring is 1. The molecule has 0 bridgehead atoms. The largest absolute Gasteiger partial charge is 0.398 e. The Bertz CT molecular complexity index is 740. The molecule has 0 aliphatic carbocycles. The minimum atomic E-state index is -0.396. The number of benzene rings is 2. The van der Waals surface area contributed by atoms with Gasteiger partial charge in [0.25, 0.3) is 5.91 Å². The molecule has 0 fully saturated rings. The first-order valence-corrected chi connectivity index (χ1v) is 6.94. The van der Waals surface area contributed by atoms with Crippen molar-refractivity contribution in [2.45, 2.75) is 20.3 Å². The number of hydrogen-bond acceptors (Lipinski definition) is 2. The molecule has 2 aromatic carbocycles. The van der Waals surface area contributed by atoms with Crippen LogP contribution in [0.15, 0.2) is 30.3 Å². The summed E-state index contributed by atoms with van der Waals surface area (Å²) in [6, 6.07) is 8.15. The van der Waals surface area contributed by atoms with E-state index in [1.54, 1.807) is 11.0 Å². The molecule has 1 heterocycles. The lowest BCUT2D eigenvalue weighted by Gasteiger charge is -2.19. The van der Waals surface area contributed by atoms with Gasteiger partial charge in [0, 0.05) is 23.5 Å². The van der Waals surface area contributed by atoms with E-state index in [0.717, 1.165) is 28.8 Å². The van der Waals surface area contributed by atoms with Gasteiger partial charge in [-0.2, -0.15) is 0 Å².